The topological polar surface area (TPSA) is 89.0 Å². The lowest BCUT2D eigenvalue weighted by atomic mass is 10.0. The van der Waals surface area contributed by atoms with Crippen molar-refractivity contribution in [1.29, 1.82) is 0 Å². The summed E-state index contributed by atoms with van der Waals surface area (Å²) in [5.74, 6) is -0.493. The number of pyridine rings is 1. The number of fused-ring (bicyclic) bond motifs is 1. The Morgan fingerprint density at radius 3 is 2.44 bits per heavy atom. The van der Waals surface area contributed by atoms with Crippen molar-refractivity contribution in [3.05, 3.63) is 35.0 Å². The van der Waals surface area contributed by atoms with Crippen LogP contribution in [-0.4, -0.2) is 46.3 Å². The zero-order chi connectivity index (χ0) is 20.4. The number of methoxy groups -OCH3 is 1. The summed E-state index contributed by atoms with van der Waals surface area (Å²) in [6.07, 6.45) is -0.635. The normalized spacial score (nSPS) is 11.3. The fraction of sp³-hybridized carbons (Fsp3) is 0.450. The molecule has 1 heterocycles. The number of carbonyl (C=O) groups is 2. The zero-order valence-corrected chi connectivity index (χ0v) is 16.6. The van der Waals surface area contributed by atoms with Crippen LogP contribution in [0.4, 0.5) is 4.79 Å². The molecule has 0 aliphatic carbocycles. The first kappa shape index (κ1) is 20.5. The van der Waals surface area contributed by atoms with Gasteiger partial charge in [0.25, 0.3) is 0 Å². The lowest BCUT2D eigenvalue weighted by Gasteiger charge is -2.27. The van der Waals surface area contributed by atoms with Crippen LogP contribution in [0.1, 0.15) is 37.6 Å². The highest BCUT2D eigenvalue weighted by Crippen LogP contribution is 2.29. The van der Waals surface area contributed by atoms with Gasteiger partial charge < -0.3 is 14.6 Å². The van der Waals surface area contributed by atoms with Crippen LogP contribution < -0.4 is 0 Å². The number of rotatable bonds is 4. The summed E-state index contributed by atoms with van der Waals surface area (Å²) in [5, 5.41) is 11.0. The second-order valence-corrected chi connectivity index (χ2v) is 7.39. The van der Waals surface area contributed by atoms with E-state index >= 15 is 0 Å². The van der Waals surface area contributed by atoms with Gasteiger partial charge in [-0.3, -0.25) is 9.69 Å². The number of aromatic nitrogens is 1. The number of benzene rings is 1. The molecule has 1 aromatic heterocycles. The van der Waals surface area contributed by atoms with Crippen LogP contribution in [0.2, 0.25) is 0 Å². The van der Waals surface area contributed by atoms with Gasteiger partial charge in [0.2, 0.25) is 0 Å². The average molecular weight is 374 g/mol. The van der Waals surface area contributed by atoms with E-state index in [1.54, 1.807) is 32.9 Å². The summed E-state index contributed by atoms with van der Waals surface area (Å²) in [6.45, 7) is 8.88. The number of aromatic hydroxyl groups is 1. The average Bonchev–Trinajstić information content (AvgIpc) is 2.57. The third kappa shape index (κ3) is 4.87. The number of amides is 1. The highest BCUT2D eigenvalue weighted by Gasteiger charge is 2.26. The molecule has 27 heavy (non-hydrogen) atoms. The van der Waals surface area contributed by atoms with E-state index in [2.05, 4.69) is 4.98 Å². The van der Waals surface area contributed by atoms with Crippen molar-refractivity contribution in [1.82, 2.24) is 9.88 Å². The van der Waals surface area contributed by atoms with Crippen molar-refractivity contribution in [3.8, 4) is 5.75 Å². The van der Waals surface area contributed by atoms with E-state index < -0.39 is 17.7 Å². The van der Waals surface area contributed by atoms with Gasteiger partial charge in [0.1, 0.15) is 23.4 Å². The van der Waals surface area contributed by atoms with Gasteiger partial charge in [-0.1, -0.05) is 12.1 Å². The van der Waals surface area contributed by atoms with Crippen LogP contribution in [0.25, 0.3) is 10.9 Å². The number of carbonyl (C=O) groups excluding carboxylic acids is 2. The summed E-state index contributed by atoms with van der Waals surface area (Å²) in [4.78, 5) is 30.1. The van der Waals surface area contributed by atoms with Crippen LogP contribution in [-0.2, 0) is 20.8 Å². The van der Waals surface area contributed by atoms with Crippen molar-refractivity contribution in [2.75, 3.05) is 13.7 Å². The Bertz CT molecular complexity index is 871. The van der Waals surface area contributed by atoms with E-state index in [1.807, 2.05) is 19.9 Å². The van der Waals surface area contributed by atoms with E-state index in [-0.39, 0.29) is 18.8 Å². The van der Waals surface area contributed by atoms with Gasteiger partial charge in [-0.05, 0) is 51.8 Å². The first-order valence-electron chi connectivity index (χ1n) is 8.66. The van der Waals surface area contributed by atoms with Crippen molar-refractivity contribution in [2.45, 2.75) is 46.8 Å². The Morgan fingerprint density at radius 1 is 1.19 bits per heavy atom. The number of hydrogen-bond acceptors (Lipinski definition) is 6. The quantitative estimate of drug-likeness (QED) is 0.825. The Kier molecular flexibility index (Phi) is 5.93. The number of nitrogens with zero attached hydrogens (tertiary/aromatic N) is 2. The minimum Gasteiger partial charge on any atom is -0.506 e. The smallest absolute Gasteiger partial charge is 0.411 e. The summed E-state index contributed by atoms with van der Waals surface area (Å²) < 4.78 is 10.1. The van der Waals surface area contributed by atoms with Crippen LogP contribution in [0.3, 0.4) is 0 Å². The fourth-order valence-electron chi connectivity index (χ4n) is 2.66. The highest BCUT2D eigenvalue weighted by molar-refractivity contribution is 5.88. The maximum absolute atomic E-state index is 12.6. The lowest BCUT2D eigenvalue weighted by molar-refractivity contribution is -0.142. The fourth-order valence-corrected chi connectivity index (χ4v) is 2.66. The predicted octanol–water partition coefficient (Wildman–Crippen LogP) is 3.47. The number of para-hydroxylation sites is 1. The second-order valence-electron chi connectivity index (χ2n) is 7.39. The van der Waals surface area contributed by atoms with Crippen LogP contribution in [0.5, 0.6) is 5.75 Å². The van der Waals surface area contributed by atoms with Gasteiger partial charge in [0.05, 0.1) is 19.3 Å². The van der Waals surface area contributed by atoms with Gasteiger partial charge in [-0.15, -0.1) is 0 Å². The van der Waals surface area contributed by atoms with E-state index in [9.17, 15) is 14.7 Å². The van der Waals surface area contributed by atoms with Crippen LogP contribution in [0.15, 0.2) is 18.2 Å². The Labute approximate surface area is 158 Å². The van der Waals surface area contributed by atoms with Crippen LogP contribution >= 0.6 is 0 Å². The molecular formula is C20H26N2O5. The minimum atomic E-state index is -0.703. The summed E-state index contributed by atoms with van der Waals surface area (Å²) >= 11 is 0. The first-order valence-corrected chi connectivity index (χ1v) is 8.66. The zero-order valence-electron chi connectivity index (χ0n) is 16.6. The highest BCUT2D eigenvalue weighted by atomic mass is 16.6. The van der Waals surface area contributed by atoms with Crippen molar-refractivity contribution in [2.24, 2.45) is 0 Å². The number of ether oxygens (including phenoxy) is 2. The maximum Gasteiger partial charge on any atom is 0.411 e. The molecule has 7 heteroatoms. The maximum atomic E-state index is 12.6. The molecule has 0 unspecified atom stereocenters. The standard InChI is InChI=1S/C20H26N2O5/c1-12-13(2)15(21-18-14(12)8-7-9-16(18)23)10-22(11-17(24)26-6)19(25)27-20(3,4)5/h7-9,23H,10-11H2,1-6H3. The Hall–Kier alpha value is -2.83. The number of esters is 1. The van der Waals surface area contributed by atoms with Crippen molar-refractivity contribution < 1.29 is 24.2 Å². The van der Waals surface area contributed by atoms with Crippen molar-refractivity contribution in [3.63, 3.8) is 0 Å². The molecule has 1 N–H and O–H groups in total. The number of phenolic OH excluding ortho intramolecular Hbond substituents is 1. The van der Waals surface area contributed by atoms with Gasteiger partial charge in [0.15, 0.2) is 0 Å². The molecule has 0 aliphatic heterocycles. The van der Waals surface area contributed by atoms with E-state index in [1.165, 1.54) is 12.0 Å². The molecule has 0 fully saturated rings. The number of aryl methyl sites for hydroxylation is 1. The molecule has 2 aromatic rings. The molecule has 2 rings (SSSR count). The molecule has 0 spiro atoms. The molecule has 0 saturated carbocycles. The van der Waals surface area contributed by atoms with Gasteiger partial charge in [0, 0.05) is 5.39 Å². The number of phenols is 1. The van der Waals surface area contributed by atoms with E-state index in [0.29, 0.717) is 11.2 Å². The lowest BCUT2D eigenvalue weighted by Crippen LogP contribution is -2.40. The largest absolute Gasteiger partial charge is 0.506 e. The van der Waals surface area contributed by atoms with Crippen LogP contribution in [0, 0.1) is 13.8 Å². The minimum absolute atomic E-state index is 0.0565. The van der Waals surface area contributed by atoms with E-state index in [0.717, 1.165) is 16.5 Å². The molecule has 7 nitrogen and oxygen atoms in total. The Balaban J connectivity index is 2.44. The van der Waals surface area contributed by atoms with Crippen molar-refractivity contribution >= 4 is 23.0 Å². The van der Waals surface area contributed by atoms with Gasteiger partial charge in [-0.2, -0.15) is 0 Å². The molecule has 1 aromatic carbocycles. The summed E-state index contributed by atoms with van der Waals surface area (Å²) in [5.41, 5.74) is 2.17. The Morgan fingerprint density at radius 2 is 1.85 bits per heavy atom. The third-order valence-electron chi connectivity index (χ3n) is 4.20. The summed E-state index contributed by atoms with van der Waals surface area (Å²) in [7, 11) is 1.26. The SMILES string of the molecule is COC(=O)CN(Cc1nc2c(O)cccc2c(C)c1C)C(=O)OC(C)(C)C. The molecule has 0 radical (unpaired) electrons. The monoisotopic (exact) mass is 374 g/mol. The molecule has 0 aliphatic rings. The molecule has 146 valence electrons. The van der Waals surface area contributed by atoms with E-state index in [4.69, 9.17) is 9.47 Å². The first-order chi connectivity index (χ1) is 12.5. The number of hydrogen-bond donors (Lipinski definition) is 1. The molecule has 1 amide bonds. The second kappa shape index (κ2) is 7.82. The van der Waals surface area contributed by atoms with Gasteiger partial charge in [-0.25, -0.2) is 9.78 Å². The third-order valence-corrected chi connectivity index (χ3v) is 4.20. The predicted molar refractivity (Wildman–Crippen MR) is 102 cm³/mol. The molecule has 0 bridgehead atoms. The molecule has 0 saturated heterocycles. The van der Waals surface area contributed by atoms with Gasteiger partial charge >= 0.3 is 12.1 Å². The summed E-state index contributed by atoms with van der Waals surface area (Å²) in [6, 6.07) is 5.21. The molecular weight excluding hydrogens is 348 g/mol. The molecule has 0 atom stereocenters.